The lowest BCUT2D eigenvalue weighted by Gasteiger charge is -2.16. The second kappa shape index (κ2) is 6.40. The van der Waals surface area contributed by atoms with Crippen molar-refractivity contribution in [3.8, 4) is 0 Å². The first kappa shape index (κ1) is 13.7. The van der Waals surface area contributed by atoms with E-state index in [1.807, 2.05) is 0 Å². The molecule has 94 valence electrons. The Kier molecular flexibility index (Phi) is 5.16. The van der Waals surface area contributed by atoms with Crippen molar-refractivity contribution >= 4 is 5.97 Å². The van der Waals surface area contributed by atoms with Gasteiger partial charge in [-0.05, 0) is 24.5 Å². The average molecular weight is 235 g/mol. The van der Waals surface area contributed by atoms with Gasteiger partial charge in [-0.1, -0.05) is 38.1 Å². The Hall–Kier alpha value is -1.35. The van der Waals surface area contributed by atoms with Crippen LogP contribution in [0, 0.1) is 5.92 Å². The van der Waals surface area contributed by atoms with E-state index in [4.69, 9.17) is 5.11 Å². The maximum Gasteiger partial charge on any atom is 0.307 e. The van der Waals surface area contributed by atoms with Crippen molar-refractivity contribution in [2.45, 2.75) is 33.2 Å². The lowest BCUT2D eigenvalue weighted by molar-refractivity contribution is -0.140. The van der Waals surface area contributed by atoms with Gasteiger partial charge < -0.3 is 10.4 Å². The summed E-state index contributed by atoms with van der Waals surface area (Å²) < 4.78 is 0. The number of carboxylic acid groups (broad SMARTS) is 1. The topological polar surface area (TPSA) is 49.3 Å². The monoisotopic (exact) mass is 235 g/mol. The molecular formula is C14H21NO2. The molecule has 0 heterocycles. The van der Waals surface area contributed by atoms with Crippen LogP contribution in [0.4, 0.5) is 0 Å². The minimum Gasteiger partial charge on any atom is -0.481 e. The molecule has 1 aromatic carbocycles. The van der Waals surface area contributed by atoms with Crippen LogP contribution >= 0.6 is 0 Å². The third kappa shape index (κ3) is 4.19. The first-order valence-corrected chi connectivity index (χ1v) is 6.09. The molecule has 1 rings (SSSR count). The van der Waals surface area contributed by atoms with Gasteiger partial charge in [0.05, 0.1) is 5.92 Å². The van der Waals surface area contributed by atoms with Crippen LogP contribution < -0.4 is 5.32 Å². The van der Waals surface area contributed by atoms with Crippen LogP contribution in [0.15, 0.2) is 24.3 Å². The Morgan fingerprint density at radius 2 is 1.88 bits per heavy atom. The average Bonchev–Trinajstić information content (AvgIpc) is 2.35. The van der Waals surface area contributed by atoms with Gasteiger partial charge in [0.1, 0.15) is 0 Å². The van der Waals surface area contributed by atoms with E-state index in [-0.39, 0.29) is 12.0 Å². The predicted octanol–water partition coefficient (Wildman–Crippen LogP) is 2.62. The smallest absolute Gasteiger partial charge is 0.307 e. The van der Waals surface area contributed by atoms with Gasteiger partial charge in [-0.2, -0.15) is 0 Å². The molecule has 0 bridgehead atoms. The third-order valence-electron chi connectivity index (χ3n) is 3.04. The molecule has 0 saturated carbocycles. The lowest BCUT2D eigenvalue weighted by Crippen LogP contribution is -2.28. The van der Waals surface area contributed by atoms with Crippen LogP contribution in [0.25, 0.3) is 0 Å². The molecule has 0 aromatic heterocycles. The number of aryl methyl sites for hydroxylation is 1. The largest absolute Gasteiger partial charge is 0.481 e. The van der Waals surface area contributed by atoms with Crippen LogP contribution in [0.5, 0.6) is 0 Å². The van der Waals surface area contributed by atoms with Gasteiger partial charge in [0.25, 0.3) is 0 Å². The van der Waals surface area contributed by atoms with Crippen LogP contribution in [-0.4, -0.2) is 17.6 Å². The first-order chi connectivity index (χ1) is 8.04. The molecule has 0 spiro atoms. The molecule has 3 heteroatoms. The molecule has 17 heavy (non-hydrogen) atoms. The van der Waals surface area contributed by atoms with Crippen molar-refractivity contribution in [1.82, 2.24) is 5.32 Å². The summed E-state index contributed by atoms with van der Waals surface area (Å²) in [6.07, 6.45) is 1.04. The molecule has 0 aliphatic heterocycles. The van der Waals surface area contributed by atoms with Crippen molar-refractivity contribution in [3.05, 3.63) is 35.4 Å². The summed E-state index contributed by atoms with van der Waals surface area (Å²) in [6.45, 7) is 6.38. The third-order valence-corrected chi connectivity index (χ3v) is 3.04. The number of carboxylic acids is 1. The van der Waals surface area contributed by atoms with E-state index >= 15 is 0 Å². The van der Waals surface area contributed by atoms with E-state index in [0.717, 1.165) is 6.42 Å². The second-order valence-electron chi connectivity index (χ2n) is 4.46. The zero-order valence-corrected chi connectivity index (χ0v) is 10.7. The molecule has 0 saturated heterocycles. The fourth-order valence-electron chi connectivity index (χ4n) is 1.60. The molecule has 3 nitrogen and oxygen atoms in total. The molecule has 0 aliphatic rings. The molecule has 0 fully saturated rings. The van der Waals surface area contributed by atoms with Gasteiger partial charge in [-0.15, -0.1) is 0 Å². The predicted molar refractivity (Wildman–Crippen MR) is 69.0 cm³/mol. The lowest BCUT2D eigenvalue weighted by atomic mass is 10.0. The number of nitrogens with one attached hydrogen (secondary N) is 1. The van der Waals surface area contributed by atoms with Crippen molar-refractivity contribution < 1.29 is 9.90 Å². The van der Waals surface area contributed by atoms with Gasteiger partial charge in [0, 0.05) is 12.6 Å². The van der Waals surface area contributed by atoms with Crippen molar-refractivity contribution in [1.29, 1.82) is 0 Å². The molecular weight excluding hydrogens is 214 g/mol. The highest BCUT2D eigenvalue weighted by molar-refractivity contribution is 5.69. The SMILES string of the molecule is CCc1ccc(C(C)NCC(C)C(=O)O)cc1. The molecule has 1 aromatic rings. The normalized spacial score (nSPS) is 14.3. The zero-order chi connectivity index (χ0) is 12.8. The molecule has 0 aliphatic carbocycles. The zero-order valence-electron chi connectivity index (χ0n) is 10.7. The number of hydrogen-bond donors (Lipinski definition) is 2. The van der Waals surface area contributed by atoms with E-state index in [1.54, 1.807) is 6.92 Å². The summed E-state index contributed by atoms with van der Waals surface area (Å²) in [5.41, 5.74) is 2.51. The Labute approximate surface area is 103 Å². The number of rotatable bonds is 6. The van der Waals surface area contributed by atoms with Crippen LogP contribution in [0.3, 0.4) is 0 Å². The Balaban J connectivity index is 2.51. The van der Waals surface area contributed by atoms with Gasteiger partial charge >= 0.3 is 5.97 Å². The van der Waals surface area contributed by atoms with E-state index in [0.29, 0.717) is 6.54 Å². The molecule has 0 amide bonds. The number of aliphatic carboxylic acids is 1. The molecule has 2 unspecified atom stereocenters. The van der Waals surface area contributed by atoms with Gasteiger partial charge in [-0.25, -0.2) is 0 Å². The summed E-state index contributed by atoms with van der Waals surface area (Å²) in [5.74, 6) is -1.11. The van der Waals surface area contributed by atoms with E-state index < -0.39 is 5.97 Å². The molecule has 0 radical (unpaired) electrons. The maximum absolute atomic E-state index is 10.7. The summed E-state index contributed by atoms with van der Waals surface area (Å²) in [6, 6.07) is 8.62. The Morgan fingerprint density at radius 3 is 2.35 bits per heavy atom. The molecule has 2 N–H and O–H groups in total. The van der Waals surface area contributed by atoms with E-state index in [2.05, 4.69) is 43.4 Å². The minimum atomic E-state index is -0.758. The van der Waals surface area contributed by atoms with Gasteiger partial charge in [0.2, 0.25) is 0 Å². The number of hydrogen-bond acceptors (Lipinski definition) is 2. The first-order valence-electron chi connectivity index (χ1n) is 6.09. The van der Waals surface area contributed by atoms with Crippen molar-refractivity contribution in [3.63, 3.8) is 0 Å². The van der Waals surface area contributed by atoms with Gasteiger partial charge in [0.15, 0.2) is 0 Å². The highest BCUT2D eigenvalue weighted by Gasteiger charge is 2.12. The van der Waals surface area contributed by atoms with Crippen LogP contribution in [0.1, 0.15) is 37.9 Å². The standard InChI is InChI=1S/C14H21NO2/c1-4-12-5-7-13(8-6-12)11(3)15-9-10(2)14(16)17/h5-8,10-11,15H,4,9H2,1-3H3,(H,16,17). The minimum absolute atomic E-state index is 0.183. The van der Waals surface area contributed by atoms with Crippen molar-refractivity contribution in [2.24, 2.45) is 5.92 Å². The highest BCUT2D eigenvalue weighted by Crippen LogP contribution is 2.14. The van der Waals surface area contributed by atoms with E-state index in [9.17, 15) is 4.79 Å². The quantitative estimate of drug-likeness (QED) is 0.797. The molecule has 2 atom stereocenters. The second-order valence-corrected chi connectivity index (χ2v) is 4.46. The Morgan fingerprint density at radius 1 is 1.29 bits per heavy atom. The van der Waals surface area contributed by atoms with Crippen LogP contribution in [-0.2, 0) is 11.2 Å². The Bertz CT molecular complexity index is 359. The van der Waals surface area contributed by atoms with Gasteiger partial charge in [-0.3, -0.25) is 4.79 Å². The fourth-order valence-corrected chi connectivity index (χ4v) is 1.60. The number of benzene rings is 1. The fraction of sp³-hybridized carbons (Fsp3) is 0.500. The summed E-state index contributed by atoms with van der Waals surface area (Å²) in [5, 5.41) is 12.0. The van der Waals surface area contributed by atoms with Crippen molar-refractivity contribution in [2.75, 3.05) is 6.54 Å². The summed E-state index contributed by atoms with van der Waals surface area (Å²) in [4.78, 5) is 10.7. The highest BCUT2D eigenvalue weighted by atomic mass is 16.4. The van der Waals surface area contributed by atoms with E-state index in [1.165, 1.54) is 11.1 Å². The number of carbonyl (C=O) groups is 1. The summed E-state index contributed by atoms with van der Waals surface area (Å²) >= 11 is 0. The van der Waals surface area contributed by atoms with Crippen LogP contribution in [0.2, 0.25) is 0 Å². The maximum atomic E-state index is 10.7. The summed E-state index contributed by atoms with van der Waals surface area (Å²) in [7, 11) is 0.